The fourth-order valence-electron chi connectivity index (χ4n) is 7.16. The molecule has 1 fully saturated rings. The molecule has 46 heavy (non-hydrogen) atoms. The van der Waals surface area contributed by atoms with Crippen LogP contribution >= 0.6 is 11.6 Å². The zero-order valence-corrected chi connectivity index (χ0v) is 26.1. The molecule has 0 radical (unpaired) electrons. The minimum atomic E-state index is -5.08. The van der Waals surface area contributed by atoms with E-state index in [1.807, 2.05) is 29.2 Å². The van der Waals surface area contributed by atoms with Gasteiger partial charge in [0, 0.05) is 54.2 Å². The van der Waals surface area contributed by atoms with Gasteiger partial charge in [-0.3, -0.25) is 9.59 Å². The van der Waals surface area contributed by atoms with Crippen molar-refractivity contribution in [2.24, 2.45) is 0 Å². The molecule has 1 unspecified atom stereocenters. The van der Waals surface area contributed by atoms with Crippen molar-refractivity contribution in [3.63, 3.8) is 0 Å². The van der Waals surface area contributed by atoms with Crippen LogP contribution < -0.4 is 10.2 Å². The fraction of sp³-hybridized carbons (Fsp3) is 0.412. The molecule has 1 N–H and O–H groups in total. The Morgan fingerprint density at radius 1 is 0.957 bits per heavy atom. The molecule has 5 rings (SSSR count). The van der Waals surface area contributed by atoms with E-state index in [0.717, 1.165) is 47.6 Å². The highest BCUT2D eigenvalue weighted by Gasteiger charge is 2.52. The molecule has 2 aliphatic heterocycles. The summed E-state index contributed by atoms with van der Waals surface area (Å²) in [5.74, 6) is -1.46. The molecule has 2 atom stereocenters. The monoisotopic (exact) mass is 665 g/mol. The van der Waals surface area contributed by atoms with Crippen molar-refractivity contribution in [3.8, 4) is 0 Å². The molecule has 246 valence electrons. The molecule has 3 aromatic carbocycles. The van der Waals surface area contributed by atoms with Crippen LogP contribution in [0.2, 0.25) is 5.02 Å². The molecule has 1 saturated heterocycles. The lowest BCUT2D eigenvalue weighted by molar-refractivity contribution is -0.143. The first-order valence-corrected chi connectivity index (χ1v) is 15.4. The van der Waals surface area contributed by atoms with Gasteiger partial charge in [0.1, 0.15) is 0 Å². The SMILES string of the molecule is CC(=O)N1c2ccccc2C2(CCNCC2)C1CC[C@H](CN(C)C(=O)c1cc(C(F)(F)F)cc(C(F)(F)F)c1)c1cccc(Cl)c1. The summed E-state index contributed by atoms with van der Waals surface area (Å²) in [7, 11) is 1.36. The molecule has 5 nitrogen and oxygen atoms in total. The maximum absolute atomic E-state index is 13.5. The maximum atomic E-state index is 13.5. The van der Waals surface area contributed by atoms with E-state index >= 15 is 0 Å². The quantitative estimate of drug-likeness (QED) is 0.260. The van der Waals surface area contributed by atoms with E-state index in [-0.39, 0.29) is 30.0 Å². The number of alkyl halides is 6. The summed E-state index contributed by atoms with van der Waals surface area (Å²) in [4.78, 5) is 29.5. The third-order valence-electron chi connectivity index (χ3n) is 9.27. The second-order valence-electron chi connectivity index (χ2n) is 12.1. The van der Waals surface area contributed by atoms with E-state index in [9.17, 15) is 35.9 Å². The van der Waals surface area contributed by atoms with Gasteiger partial charge < -0.3 is 15.1 Å². The first-order chi connectivity index (χ1) is 21.6. The summed E-state index contributed by atoms with van der Waals surface area (Å²) in [6.07, 6.45) is -7.53. The summed E-state index contributed by atoms with van der Waals surface area (Å²) in [6.45, 7) is 3.09. The van der Waals surface area contributed by atoms with Crippen LogP contribution in [0, 0.1) is 0 Å². The number of hydrogen-bond acceptors (Lipinski definition) is 3. The van der Waals surface area contributed by atoms with Gasteiger partial charge >= 0.3 is 12.4 Å². The molecular weight excluding hydrogens is 632 g/mol. The Bertz CT molecular complexity index is 1570. The van der Waals surface area contributed by atoms with Crippen LogP contribution in [-0.4, -0.2) is 49.4 Å². The predicted molar refractivity (Wildman–Crippen MR) is 164 cm³/mol. The number of fused-ring (bicyclic) bond motifs is 2. The fourth-order valence-corrected chi connectivity index (χ4v) is 7.36. The van der Waals surface area contributed by atoms with Gasteiger partial charge in [-0.15, -0.1) is 0 Å². The highest BCUT2D eigenvalue weighted by atomic mass is 35.5. The number of piperidine rings is 1. The van der Waals surface area contributed by atoms with E-state index in [2.05, 4.69) is 11.4 Å². The van der Waals surface area contributed by atoms with Crippen molar-refractivity contribution in [2.45, 2.75) is 62.3 Å². The van der Waals surface area contributed by atoms with Crippen molar-refractivity contribution in [1.82, 2.24) is 10.2 Å². The predicted octanol–water partition coefficient (Wildman–Crippen LogP) is 8.07. The smallest absolute Gasteiger partial charge is 0.341 e. The molecule has 0 bridgehead atoms. The average Bonchev–Trinajstić information content (AvgIpc) is 3.26. The van der Waals surface area contributed by atoms with Crippen LogP contribution in [0.4, 0.5) is 32.0 Å². The lowest BCUT2D eigenvalue weighted by atomic mass is 9.68. The summed E-state index contributed by atoms with van der Waals surface area (Å²) < 4.78 is 81.1. The van der Waals surface area contributed by atoms with Crippen molar-refractivity contribution >= 4 is 29.1 Å². The number of anilines is 1. The summed E-state index contributed by atoms with van der Waals surface area (Å²) in [5.41, 5.74) is -1.36. The van der Waals surface area contributed by atoms with Crippen LogP contribution in [-0.2, 0) is 22.6 Å². The van der Waals surface area contributed by atoms with Gasteiger partial charge in [0.05, 0.1) is 11.1 Å². The van der Waals surface area contributed by atoms with Gasteiger partial charge in [-0.2, -0.15) is 26.3 Å². The molecule has 2 aliphatic rings. The van der Waals surface area contributed by atoms with Gasteiger partial charge in [0.25, 0.3) is 5.91 Å². The Hall–Kier alpha value is -3.57. The lowest BCUT2D eigenvalue weighted by Gasteiger charge is -2.42. The topological polar surface area (TPSA) is 52.7 Å². The average molecular weight is 666 g/mol. The van der Waals surface area contributed by atoms with E-state index in [1.54, 1.807) is 18.2 Å². The minimum absolute atomic E-state index is 0.00254. The van der Waals surface area contributed by atoms with Gasteiger partial charge in [-0.1, -0.05) is 41.9 Å². The maximum Gasteiger partial charge on any atom is 0.416 e. The highest BCUT2D eigenvalue weighted by Crippen LogP contribution is 2.52. The van der Waals surface area contributed by atoms with Crippen LogP contribution in [0.15, 0.2) is 66.7 Å². The third-order valence-corrected chi connectivity index (χ3v) is 9.50. The molecule has 1 spiro atoms. The number of hydrogen-bond donors (Lipinski definition) is 1. The minimum Gasteiger partial charge on any atom is -0.341 e. The van der Waals surface area contributed by atoms with Crippen LogP contribution in [0.25, 0.3) is 0 Å². The number of carbonyl (C=O) groups excluding carboxylic acids is 2. The van der Waals surface area contributed by atoms with Crippen molar-refractivity contribution in [2.75, 3.05) is 31.6 Å². The Kier molecular flexibility index (Phi) is 9.48. The third kappa shape index (κ3) is 6.76. The number of likely N-dealkylation sites (N-methyl/N-ethyl adjacent to an activating group) is 1. The number of rotatable bonds is 7. The molecule has 2 amide bonds. The Balaban J connectivity index is 1.46. The van der Waals surface area contributed by atoms with E-state index in [4.69, 9.17) is 11.6 Å². The zero-order valence-electron chi connectivity index (χ0n) is 25.3. The van der Waals surface area contributed by atoms with E-state index < -0.39 is 40.9 Å². The number of para-hydroxylation sites is 1. The van der Waals surface area contributed by atoms with Crippen molar-refractivity contribution in [3.05, 3.63) is 99.6 Å². The van der Waals surface area contributed by atoms with E-state index in [1.165, 1.54) is 14.0 Å². The Morgan fingerprint density at radius 3 is 2.17 bits per heavy atom. The number of nitrogens with one attached hydrogen (secondary N) is 1. The lowest BCUT2D eigenvalue weighted by Crippen LogP contribution is -2.51. The summed E-state index contributed by atoms with van der Waals surface area (Å²) >= 11 is 6.32. The molecule has 0 aliphatic carbocycles. The number of benzene rings is 3. The largest absolute Gasteiger partial charge is 0.416 e. The second-order valence-corrected chi connectivity index (χ2v) is 12.6. The Morgan fingerprint density at radius 2 is 1.59 bits per heavy atom. The van der Waals surface area contributed by atoms with Gasteiger partial charge in [-0.25, -0.2) is 0 Å². The molecular formula is C34H34ClF6N3O2. The van der Waals surface area contributed by atoms with Crippen LogP contribution in [0.3, 0.4) is 0 Å². The molecule has 12 heteroatoms. The second kappa shape index (κ2) is 12.9. The number of carbonyl (C=O) groups is 2. The molecule has 2 heterocycles. The summed E-state index contributed by atoms with van der Waals surface area (Å²) in [6, 6.07) is 15.6. The first-order valence-electron chi connectivity index (χ1n) is 15.0. The zero-order chi connectivity index (χ0) is 33.4. The normalized spacial score (nSPS) is 18.4. The van der Waals surface area contributed by atoms with E-state index in [0.29, 0.717) is 30.0 Å². The van der Waals surface area contributed by atoms with Crippen LogP contribution in [0.1, 0.15) is 71.1 Å². The van der Waals surface area contributed by atoms with Gasteiger partial charge in [0.2, 0.25) is 5.91 Å². The number of amides is 2. The molecule has 0 saturated carbocycles. The first kappa shape index (κ1) is 33.8. The van der Waals surface area contributed by atoms with Crippen molar-refractivity contribution < 1.29 is 35.9 Å². The van der Waals surface area contributed by atoms with Gasteiger partial charge in [0.15, 0.2) is 0 Å². The van der Waals surface area contributed by atoms with Gasteiger partial charge in [-0.05, 0) is 86.3 Å². The molecule has 3 aromatic rings. The number of nitrogens with zero attached hydrogens (tertiary/aromatic N) is 2. The highest BCUT2D eigenvalue weighted by molar-refractivity contribution is 6.30. The standard InChI is InChI=1S/C34H34ClF6N3O2/c1-21(45)44-29-9-4-3-8-28(29)32(12-14-42-15-13-32)30(44)11-10-23(22-6-5-7-27(35)18-22)20-43(2)31(46)24-16-25(33(36,37)38)19-26(17-24)34(39,40)41/h3-9,16-19,23,30,42H,10-15,20H2,1-2H3/t23-,30?/m1/s1. The van der Waals surface area contributed by atoms with Crippen molar-refractivity contribution in [1.29, 1.82) is 0 Å². The number of halogens is 7. The molecule has 0 aromatic heterocycles. The van der Waals surface area contributed by atoms with Crippen LogP contribution in [0.5, 0.6) is 0 Å². The summed E-state index contributed by atoms with van der Waals surface area (Å²) in [5, 5.41) is 3.85. The Labute approximate surface area is 268 Å².